The second kappa shape index (κ2) is 13.6. The number of aliphatic carboxylic acids is 1. The van der Waals surface area contributed by atoms with Crippen LogP contribution in [0.5, 0.6) is 0 Å². The maximum atomic E-state index is 14.1. The Kier molecular flexibility index (Phi) is 8.99. The van der Waals surface area contributed by atoms with Crippen molar-refractivity contribution in [2.75, 3.05) is 0 Å². The van der Waals surface area contributed by atoms with Crippen LogP contribution in [0.15, 0.2) is 78.9 Å². The summed E-state index contributed by atoms with van der Waals surface area (Å²) in [5.41, 5.74) is 3.83. The van der Waals surface area contributed by atoms with Crippen molar-refractivity contribution in [2.24, 2.45) is 0 Å². The van der Waals surface area contributed by atoms with Crippen LogP contribution in [0.2, 0.25) is 0 Å². The first kappa shape index (κ1) is 27.2. The average Bonchev–Trinajstić information content (AvgIpc) is 3.33. The number of hydrogen-bond donors (Lipinski definition) is 3. The van der Waals surface area contributed by atoms with Crippen LogP contribution in [0, 0.1) is 5.82 Å². The average molecular weight is 562 g/mol. The predicted molar refractivity (Wildman–Crippen MR) is 154 cm³/mol. The summed E-state index contributed by atoms with van der Waals surface area (Å²) in [6.45, 7) is 4.04. The van der Waals surface area contributed by atoms with E-state index >= 15 is 0 Å². The highest BCUT2D eigenvalue weighted by Crippen LogP contribution is 2.42. The van der Waals surface area contributed by atoms with E-state index in [0.717, 1.165) is 5.56 Å². The van der Waals surface area contributed by atoms with Gasteiger partial charge in [-0.2, -0.15) is 0 Å². The Bertz CT molecular complexity index is 1500. The number of nitrogens with one attached hydrogen (secondary N) is 1. The first-order chi connectivity index (χ1) is 20.4. The van der Waals surface area contributed by atoms with Crippen molar-refractivity contribution in [3.05, 3.63) is 96.0 Å². The molecule has 3 aromatic rings. The summed E-state index contributed by atoms with van der Waals surface area (Å²) in [7, 11) is 0. The third-order valence-electron chi connectivity index (χ3n) is 7.02. The fourth-order valence-corrected chi connectivity index (χ4v) is 5.27. The third-order valence-corrected chi connectivity index (χ3v) is 7.02. The highest BCUT2D eigenvalue weighted by molar-refractivity contribution is 6.06. The van der Waals surface area contributed by atoms with Crippen LogP contribution in [0.4, 0.5) is 4.39 Å². The fourth-order valence-electron chi connectivity index (χ4n) is 5.27. The molecule has 41 heavy (non-hydrogen) atoms. The number of rotatable bonds is 12. The van der Waals surface area contributed by atoms with E-state index in [0.29, 0.717) is 34.5 Å². The highest BCUT2D eigenvalue weighted by atomic mass is 19.1. The number of nitrogens with zero attached hydrogens (tertiary/aromatic N) is 1. The van der Waals surface area contributed by atoms with Crippen LogP contribution in [-0.2, 0) is 11.3 Å². The zero-order chi connectivity index (χ0) is 31.3. The number of hydrogen-bond acceptors (Lipinski definition) is 5. The van der Waals surface area contributed by atoms with Gasteiger partial charge in [0.1, 0.15) is 5.82 Å². The number of allylic oxidation sites excluding steroid dienone is 2. The van der Waals surface area contributed by atoms with Crippen LogP contribution in [0.1, 0.15) is 64.2 Å². The zero-order valence-corrected chi connectivity index (χ0v) is 23.1. The number of carboxylic acid groups (broad SMARTS) is 1. The minimum Gasteiger partial charge on any atom is -0.550 e. The lowest BCUT2D eigenvalue weighted by Crippen LogP contribution is -2.34. The standard InChI is InChI=1S/C33H37FN2O5/c1-21(2)31-30(33(41)35-25-11-7-4-8-12-25)29(22-9-5-3-6-10-22)32(23-13-15-24(34)16-14-23)36(31)18-17-26(37)19-27(38)20-28(39)40/h3-11,13-16,21,25-27,37-38H,12,17-20H2,1-2H3,(H,35,41)(H,39,40)/p-1/t25?,26-,27-/m1/s1/i20D2. The number of carbonyl (C=O) groups is 2. The molecule has 4 rings (SSSR count). The van der Waals surface area contributed by atoms with Gasteiger partial charge in [-0.3, -0.25) is 4.79 Å². The van der Waals surface area contributed by atoms with E-state index < -0.39 is 36.8 Å². The van der Waals surface area contributed by atoms with Gasteiger partial charge >= 0.3 is 0 Å². The minimum absolute atomic E-state index is 0.00816. The molecule has 1 amide bonds. The van der Waals surface area contributed by atoms with E-state index in [2.05, 4.69) is 5.32 Å². The van der Waals surface area contributed by atoms with E-state index in [9.17, 15) is 29.3 Å². The van der Waals surface area contributed by atoms with Crippen molar-refractivity contribution < 1.29 is 32.0 Å². The maximum absolute atomic E-state index is 14.1. The van der Waals surface area contributed by atoms with E-state index in [4.69, 9.17) is 2.74 Å². The van der Waals surface area contributed by atoms with Gasteiger partial charge in [0.2, 0.25) is 0 Å². The van der Waals surface area contributed by atoms with E-state index in [1.54, 1.807) is 12.1 Å². The lowest BCUT2D eigenvalue weighted by atomic mass is 9.94. The quantitative estimate of drug-likeness (QED) is 0.304. The molecule has 0 fully saturated rings. The largest absolute Gasteiger partial charge is 0.550 e. The second-order valence-corrected chi connectivity index (χ2v) is 10.4. The molecule has 8 heteroatoms. The molecule has 1 aliphatic rings. The maximum Gasteiger partial charge on any atom is 0.254 e. The smallest absolute Gasteiger partial charge is 0.254 e. The summed E-state index contributed by atoms with van der Waals surface area (Å²) in [4.78, 5) is 25.3. The van der Waals surface area contributed by atoms with Gasteiger partial charge in [-0.25, -0.2) is 4.39 Å². The molecule has 0 bridgehead atoms. The molecule has 7 nitrogen and oxygen atoms in total. The third kappa shape index (κ3) is 7.39. The number of carbonyl (C=O) groups excluding carboxylic acids is 2. The number of aromatic nitrogens is 1. The lowest BCUT2D eigenvalue weighted by Gasteiger charge is -2.21. The molecule has 3 N–H and O–H groups in total. The molecule has 0 saturated heterocycles. The number of aliphatic hydroxyl groups excluding tert-OH is 2. The minimum atomic E-state index is -3.04. The summed E-state index contributed by atoms with van der Waals surface area (Å²) in [5, 5.41) is 35.2. The molecule has 1 unspecified atom stereocenters. The molecular formula is C33H36FN2O5-. The van der Waals surface area contributed by atoms with Crippen molar-refractivity contribution in [1.29, 1.82) is 0 Å². The Morgan fingerprint density at radius 3 is 2.39 bits per heavy atom. The van der Waals surface area contributed by atoms with Gasteiger partial charge < -0.3 is 30.0 Å². The van der Waals surface area contributed by atoms with E-state index in [1.807, 2.05) is 73.1 Å². The Hall–Kier alpha value is -4.01. The van der Waals surface area contributed by atoms with Gasteiger partial charge in [0, 0.05) is 32.9 Å². The van der Waals surface area contributed by atoms with Crippen LogP contribution in [0.3, 0.4) is 0 Å². The molecule has 1 heterocycles. The lowest BCUT2D eigenvalue weighted by molar-refractivity contribution is -0.307. The molecule has 2 aromatic carbocycles. The number of benzene rings is 2. The van der Waals surface area contributed by atoms with Crippen molar-refractivity contribution in [3.63, 3.8) is 0 Å². The highest BCUT2D eigenvalue weighted by Gasteiger charge is 2.31. The van der Waals surface area contributed by atoms with Crippen molar-refractivity contribution in [3.8, 4) is 22.4 Å². The number of carboxylic acids is 1. The van der Waals surface area contributed by atoms with Crippen molar-refractivity contribution in [1.82, 2.24) is 9.88 Å². The van der Waals surface area contributed by atoms with Crippen molar-refractivity contribution in [2.45, 2.75) is 70.2 Å². The monoisotopic (exact) mass is 561 g/mol. The Balaban J connectivity index is 1.85. The zero-order valence-electron chi connectivity index (χ0n) is 25.1. The molecule has 216 valence electrons. The summed E-state index contributed by atoms with van der Waals surface area (Å²) in [5.74, 6) is -2.94. The normalized spacial score (nSPS) is 17.2. The first-order valence-electron chi connectivity index (χ1n) is 14.7. The topological polar surface area (TPSA) is 115 Å². The van der Waals surface area contributed by atoms with E-state index in [1.165, 1.54) is 12.1 Å². The van der Waals surface area contributed by atoms with Gasteiger partial charge in [0.15, 0.2) is 0 Å². The summed E-state index contributed by atoms with van der Waals surface area (Å²) < 4.78 is 31.1. The molecule has 0 radical (unpaired) electrons. The van der Waals surface area contributed by atoms with Crippen molar-refractivity contribution >= 4 is 11.9 Å². The fraction of sp³-hybridized carbons (Fsp3) is 0.333. The van der Waals surface area contributed by atoms with Crippen LogP contribution in [-0.4, -0.2) is 44.9 Å². The van der Waals surface area contributed by atoms with Gasteiger partial charge in [0.25, 0.3) is 5.91 Å². The molecule has 1 aliphatic carbocycles. The Labute approximate surface area is 242 Å². The molecule has 0 saturated carbocycles. The van der Waals surface area contributed by atoms with Gasteiger partial charge in [-0.05, 0) is 60.6 Å². The van der Waals surface area contributed by atoms with Gasteiger partial charge in [-0.1, -0.05) is 68.5 Å². The van der Waals surface area contributed by atoms with Gasteiger partial charge in [-0.15, -0.1) is 0 Å². The molecule has 1 aromatic heterocycles. The van der Waals surface area contributed by atoms with Crippen LogP contribution < -0.4 is 10.4 Å². The first-order valence-corrected chi connectivity index (χ1v) is 13.7. The molecule has 0 spiro atoms. The summed E-state index contributed by atoms with van der Waals surface area (Å²) in [6.07, 6.45) is 1.50. The second-order valence-electron chi connectivity index (χ2n) is 10.4. The van der Waals surface area contributed by atoms with E-state index in [-0.39, 0.29) is 30.8 Å². The summed E-state index contributed by atoms with van der Waals surface area (Å²) >= 11 is 0. The molecule has 3 atom stereocenters. The van der Waals surface area contributed by atoms with Crippen LogP contribution in [0.25, 0.3) is 22.4 Å². The predicted octanol–water partition coefficient (Wildman–Crippen LogP) is 4.34. The number of aliphatic hydroxyl groups is 2. The Morgan fingerprint density at radius 2 is 1.78 bits per heavy atom. The molecule has 0 aliphatic heterocycles. The summed E-state index contributed by atoms with van der Waals surface area (Å²) in [6, 6.07) is 15.1. The van der Waals surface area contributed by atoms with Gasteiger partial charge in [0.05, 0.1) is 29.5 Å². The van der Waals surface area contributed by atoms with Crippen LogP contribution >= 0.6 is 0 Å². The SMILES string of the molecule is [2H]C([2H])(C(=O)[O-])[C@H](O)C[C@H](O)CCn1c(-c2ccc(F)cc2)c(-c2ccccc2)c(C(=O)NC2C=CC=CC2)c1C(C)C. The number of halogens is 1. The Morgan fingerprint density at radius 1 is 1.07 bits per heavy atom. The number of amides is 1. The molecular weight excluding hydrogens is 523 g/mol.